The Morgan fingerprint density at radius 2 is 2.00 bits per heavy atom. The molecule has 5 heteroatoms. The van der Waals surface area contributed by atoms with Crippen molar-refractivity contribution in [2.45, 2.75) is 32.9 Å². The Morgan fingerprint density at radius 1 is 1.16 bits per heavy atom. The maximum atomic E-state index is 4.26. The molecule has 19 heavy (non-hydrogen) atoms. The first-order valence-corrected chi connectivity index (χ1v) is 6.50. The zero-order valence-electron chi connectivity index (χ0n) is 11.3. The molecule has 2 aromatic heterocycles. The Labute approximate surface area is 113 Å². The van der Waals surface area contributed by atoms with Crippen molar-refractivity contribution in [3.63, 3.8) is 0 Å². The first kappa shape index (κ1) is 13.3. The molecule has 0 spiro atoms. The highest BCUT2D eigenvalue weighted by molar-refractivity contribution is 5.46. The standard InChI is InChI=1S/C14H19N5/c1-3-11(2)19-14-8-13(17-10-18-14)16-9-12-6-4-5-7-15-12/h4-8,10-11H,3,9H2,1-2H3,(H2,16,17,18,19). The van der Waals surface area contributed by atoms with Crippen molar-refractivity contribution in [2.75, 3.05) is 10.6 Å². The molecule has 0 saturated carbocycles. The van der Waals surface area contributed by atoms with Gasteiger partial charge in [0.25, 0.3) is 0 Å². The summed E-state index contributed by atoms with van der Waals surface area (Å²) in [5, 5.41) is 6.56. The zero-order valence-corrected chi connectivity index (χ0v) is 11.3. The molecule has 0 radical (unpaired) electrons. The molecule has 0 aromatic carbocycles. The van der Waals surface area contributed by atoms with Crippen LogP contribution in [-0.4, -0.2) is 21.0 Å². The molecule has 2 N–H and O–H groups in total. The third kappa shape index (κ3) is 4.21. The van der Waals surface area contributed by atoms with E-state index in [2.05, 4.69) is 39.4 Å². The van der Waals surface area contributed by atoms with E-state index in [1.165, 1.54) is 0 Å². The van der Waals surface area contributed by atoms with E-state index in [-0.39, 0.29) is 0 Å². The third-order valence-electron chi connectivity index (χ3n) is 2.85. The highest BCUT2D eigenvalue weighted by atomic mass is 15.1. The number of nitrogens with one attached hydrogen (secondary N) is 2. The minimum atomic E-state index is 0.401. The molecule has 0 saturated heterocycles. The van der Waals surface area contributed by atoms with E-state index >= 15 is 0 Å². The monoisotopic (exact) mass is 257 g/mol. The summed E-state index contributed by atoms with van der Waals surface area (Å²) in [6, 6.07) is 8.17. The average molecular weight is 257 g/mol. The fraction of sp³-hybridized carbons (Fsp3) is 0.357. The van der Waals surface area contributed by atoms with Crippen LogP contribution in [0.4, 0.5) is 11.6 Å². The molecule has 2 heterocycles. The number of anilines is 2. The molecule has 1 unspecified atom stereocenters. The highest BCUT2D eigenvalue weighted by Crippen LogP contribution is 2.11. The zero-order chi connectivity index (χ0) is 13.5. The van der Waals surface area contributed by atoms with Crippen LogP contribution >= 0.6 is 0 Å². The fourth-order valence-electron chi connectivity index (χ4n) is 1.57. The molecule has 0 aliphatic carbocycles. The molecular formula is C14H19N5. The van der Waals surface area contributed by atoms with Crippen LogP contribution in [0, 0.1) is 0 Å². The Bertz CT molecular complexity index is 500. The topological polar surface area (TPSA) is 62.7 Å². The second kappa shape index (κ2) is 6.68. The summed E-state index contributed by atoms with van der Waals surface area (Å²) in [5.41, 5.74) is 0.984. The normalized spacial score (nSPS) is 11.9. The smallest absolute Gasteiger partial charge is 0.131 e. The van der Waals surface area contributed by atoms with E-state index in [1.807, 2.05) is 24.3 Å². The Morgan fingerprint density at radius 3 is 2.74 bits per heavy atom. The van der Waals surface area contributed by atoms with E-state index in [1.54, 1.807) is 12.5 Å². The van der Waals surface area contributed by atoms with E-state index in [0.717, 1.165) is 23.8 Å². The predicted molar refractivity (Wildman–Crippen MR) is 77.0 cm³/mol. The largest absolute Gasteiger partial charge is 0.367 e. The molecule has 0 aliphatic heterocycles. The summed E-state index contributed by atoms with van der Waals surface area (Å²) in [4.78, 5) is 12.7. The van der Waals surface area contributed by atoms with Crippen LogP contribution in [0.3, 0.4) is 0 Å². The van der Waals surface area contributed by atoms with Crippen LogP contribution in [0.1, 0.15) is 26.0 Å². The lowest BCUT2D eigenvalue weighted by molar-refractivity contribution is 0.758. The molecule has 0 bridgehead atoms. The molecule has 0 fully saturated rings. The van der Waals surface area contributed by atoms with E-state index < -0.39 is 0 Å². The average Bonchev–Trinajstić information content (AvgIpc) is 2.46. The first-order valence-electron chi connectivity index (χ1n) is 6.50. The SMILES string of the molecule is CCC(C)Nc1cc(NCc2ccccn2)ncn1. The van der Waals surface area contributed by atoms with Gasteiger partial charge in [0.05, 0.1) is 12.2 Å². The van der Waals surface area contributed by atoms with Crippen molar-refractivity contribution in [1.29, 1.82) is 0 Å². The van der Waals surface area contributed by atoms with Gasteiger partial charge in [-0.3, -0.25) is 4.98 Å². The summed E-state index contributed by atoms with van der Waals surface area (Å²) in [6.45, 7) is 4.92. The maximum absolute atomic E-state index is 4.26. The lowest BCUT2D eigenvalue weighted by Gasteiger charge is -2.12. The van der Waals surface area contributed by atoms with Gasteiger partial charge in [0.1, 0.15) is 18.0 Å². The third-order valence-corrected chi connectivity index (χ3v) is 2.85. The lowest BCUT2D eigenvalue weighted by Crippen LogP contribution is -2.15. The Hall–Kier alpha value is -2.17. The number of hydrogen-bond acceptors (Lipinski definition) is 5. The van der Waals surface area contributed by atoms with Gasteiger partial charge >= 0.3 is 0 Å². The van der Waals surface area contributed by atoms with Crippen molar-refractivity contribution in [3.05, 3.63) is 42.5 Å². The quantitative estimate of drug-likeness (QED) is 0.833. The number of aromatic nitrogens is 3. The highest BCUT2D eigenvalue weighted by Gasteiger charge is 2.02. The summed E-state index contributed by atoms with van der Waals surface area (Å²) >= 11 is 0. The minimum Gasteiger partial charge on any atom is -0.367 e. The molecular weight excluding hydrogens is 238 g/mol. The van der Waals surface area contributed by atoms with Crippen molar-refractivity contribution >= 4 is 11.6 Å². The minimum absolute atomic E-state index is 0.401. The van der Waals surface area contributed by atoms with Crippen molar-refractivity contribution < 1.29 is 0 Å². The van der Waals surface area contributed by atoms with Gasteiger partial charge in [-0.15, -0.1) is 0 Å². The van der Waals surface area contributed by atoms with Crippen LogP contribution in [0.5, 0.6) is 0 Å². The van der Waals surface area contributed by atoms with Crippen molar-refractivity contribution in [2.24, 2.45) is 0 Å². The molecule has 5 nitrogen and oxygen atoms in total. The second-order valence-electron chi connectivity index (χ2n) is 4.42. The van der Waals surface area contributed by atoms with Gasteiger partial charge in [-0.25, -0.2) is 9.97 Å². The van der Waals surface area contributed by atoms with Crippen LogP contribution in [0.2, 0.25) is 0 Å². The van der Waals surface area contributed by atoms with E-state index in [4.69, 9.17) is 0 Å². The number of pyridine rings is 1. The van der Waals surface area contributed by atoms with Gasteiger partial charge in [0, 0.05) is 18.3 Å². The predicted octanol–water partition coefficient (Wildman–Crippen LogP) is 2.69. The second-order valence-corrected chi connectivity index (χ2v) is 4.42. The van der Waals surface area contributed by atoms with Gasteiger partial charge in [-0.05, 0) is 25.5 Å². The molecule has 100 valence electrons. The molecule has 2 aromatic rings. The van der Waals surface area contributed by atoms with Crippen molar-refractivity contribution in [1.82, 2.24) is 15.0 Å². The number of hydrogen-bond donors (Lipinski definition) is 2. The van der Waals surface area contributed by atoms with E-state index in [0.29, 0.717) is 12.6 Å². The lowest BCUT2D eigenvalue weighted by atomic mass is 10.2. The molecule has 0 aliphatic rings. The van der Waals surface area contributed by atoms with Crippen molar-refractivity contribution in [3.8, 4) is 0 Å². The summed E-state index contributed by atoms with van der Waals surface area (Å²) < 4.78 is 0. The van der Waals surface area contributed by atoms with Gasteiger partial charge in [-0.2, -0.15) is 0 Å². The first-order chi connectivity index (χ1) is 9.28. The molecule has 0 amide bonds. The molecule has 2 rings (SSSR count). The van der Waals surface area contributed by atoms with E-state index in [9.17, 15) is 0 Å². The van der Waals surface area contributed by atoms with Crippen LogP contribution < -0.4 is 10.6 Å². The summed E-state index contributed by atoms with van der Waals surface area (Å²) in [7, 11) is 0. The van der Waals surface area contributed by atoms with Gasteiger partial charge in [-0.1, -0.05) is 13.0 Å². The van der Waals surface area contributed by atoms with Gasteiger partial charge in [0.15, 0.2) is 0 Å². The number of rotatable bonds is 6. The van der Waals surface area contributed by atoms with Crippen LogP contribution in [-0.2, 0) is 6.54 Å². The van der Waals surface area contributed by atoms with Crippen LogP contribution in [0.15, 0.2) is 36.8 Å². The van der Waals surface area contributed by atoms with Crippen LogP contribution in [0.25, 0.3) is 0 Å². The summed E-state index contributed by atoms with van der Waals surface area (Å²) in [6.07, 6.45) is 4.40. The maximum Gasteiger partial charge on any atom is 0.131 e. The van der Waals surface area contributed by atoms with Gasteiger partial charge < -0.3 is 10.6 Å². The number of nitrogens with zero attached hydrogens (tertiary/aromatic N) is 3. The fourth-order valence-corrected chi connectivity index (χ4v) is 1.57. The Balaban J connectivity index is 1.95. The summed E-state index contributed by atoms with van der Waals surface area (Å²) in [5.74, 6) is 1.64. The Kier molecular flexibility index (Phi) is 4.66. The molecule has 1 atom stereocenters. The van der Waals surface area contributed by atoms with Gasteiger partial charge in [0.2, 0.25) is 0 Å².